The minimum Gasteiger partial charge on any atom is -0.497 e. The zero-order valence-electron chi connectivity index (χ0n) is 14.5. The molecular formula is C20H16BrN3O3. The number of hydrogen-bond acceptors (Lipinski definition) is 4. The van der Waals surface area contributed by atoms with Crippen molar-refractivity contribution in [3.05, 3.63) is 71.2 Å². The third-order valence-electron chi connectivity index (χ3n) is 4.19. The number of ether oxygens (including phenoxy) is 1. The number of carbonyl (C=O) groups excluding carboxylic acids is 1. The second-order valence-electron chi connectivity index (χ2n) is 5.97. The number of anilines is 1. The molecule has 0 fully saturated rings. The molecule has 0 spiro atoms. The highest BCUT2D eigenvalue weighted by molar-refractivity contribution is 9.10. The summed E-state index contributed by atoms with van der Waals surface area (Å²) in [6.07, 6.45) is 5.35. The highest BCUT2D eigenvalue weighted by Crippen LogP contribution is 2.27. The number of furan rings is 1. The molecule has 1 N–H and O–H groups in total. The molecule has 0 unspecified atom stereocenters. The molecule has 0 aliphatic heterocycles. The Balaban J connectivity index is 1.56. The van der Waals surface area contributed by atoms with Crippen LogP contribution in [0.4, 0.5) is 5.69 Å². The number of nitrogens with zero attached hydrogens (tertiary/aromatic N) is 2. The van der Waals surface area contributed by atoms with Gasteiger partial charge in [0, 0.05) is 23.2 Å². The van der Waals surface area contributed by atoms with Crippen molar-refractivity contribution in [2.24, 2.45) is 0 Å². The van der Waals surface area contributed by atoms with Crippen molar-refractivity contribution in [3.63, 3.8) is 0 Å². The van der Waals surface area contributed by atoms with Gasteiger partial charge in [-0.25, -0.2) is 4.68 Å². The molecule has 0 atom stereocenters. The first kappa shape index (κ1) is 17.4. The van der Waals surface area contributed by atoms with Crippen LogP contribution in [0.5, 0.6) is 5.75 Å². The molecule has 2 heterocycles. The number of carbonyl (C=O) groups is 1. The van der Waals surface area contributed by atoms with Gasteiger partial charge >= 0.3 is 0 Å². The van der Waals surface area contributed by atoms with Crippen LogP contribution in [0.2, 0.25) is 0 Å². The SMILES string of the molecule is COc1ccc2c(CC(=O)Nc3ccccc3-n3cc(Br)cn3)coc2c1. The number of hydrogen-bond donors (Lipinski definition) is 1. The largest absolute Gasteiger partial charge is 0.497 e. The number of halogens is 1. The van der Waals surface area contributed by atoms with Gasteiger partial charge in [-0.15, -0.1) is 0 Å². The minimum absolute atomic E-state index is 0.132. The van der Waals surface area contributed by atoms with E-state index >= 15 is 0 Å². The predicted molar refractivity (Wildman–Crippen MR) is 106 cm³/mol. The Morgan fingerprint density at radius 2 is 2.15 bits per heavy atom. The molecule has 0 saturated heterocycles. The fourth-order valence-electron chi connectivity index (χ4n) is 2.91. The average Bonchev–Trinajstić information content (AvgIpc) is 3.28. The first-order valence-electron chi connectivity index (χ1n) is 8.27. The minimum atomic E-state index is -0.132. The Morgan fingerprint density at radius 3 is 2.93 bits per heavy atom. The number of nitrogens with one attached hydrogen (secondary N) is 1. The van der Waals surface area contributed by atoms with E-state index in [0.29, 0.717) is 17.0 Å². The van der Waals surface area contributed by atoms with E-state index < -0.39 is 0 Å². The van der Waals surface area contributed by atoms with Gasteiger partial charge in [0.15, 0.2) is 0 Å². The molecule has 1 amide bonds. The van der Waals surface area contributed by atoms with E-state index in [9.17, 15) is 4.79 Å². The highest BCUT2D eigenvalue weighted by Gasteiger charge is 2.13. The zero-order chi connectivity index (χ0) is 18.8. The van der Waals surface area contributed by atoms with E-state index in [4.69, 9.17) is 9.15 Å². The van der Waals surface area contributed by atoms with Gasteiger partial charge in [-0.3, -0.25) is 4.79 Å². The normalized spacial score (nSPS) is 10.9. The fraction of sp³-hybridized carbons (Fsp3) is 0.100. The third kappa shape index (κ3) is 3.59. The van der Waals surface area contributed by atoms with Gasteiger partial charge in [0.25, 0.3) is 0 Å². The first-order valence-corrected chi connectivity index (χ1v) is 9.07. The molecule has 4 rings (SSSR count). The summed E-state index contributed by atoms with van der Waals surface area (Å²) in [5, 5.41) is 8.14. The van der Waals surface area contributed by atoms with Crippen LogP contribution < -0.4 is 10.1 Å². The summed E-state index contributed by atoms with van der Waals surface area (Å²) >= 11 is 3.39. The van der Waals surface area contributed by atoms with E-state index in [1.54, 1.807) is 24.3 Å². The molecule has 6 nitrogen and oxygen atoms in total. The van der Waals surface area contributed by atoms with Gasteiger partial charge in [0.1, 0.15) is 11.3 Å². The molecule has 2 aromatic heterocycles. The lowest BCUT2D eigenvalue weighted by atomic mass is 10.1. The van der Waals surface area contributed by atoms with E-state index in [-0.39, 0.29) is 12.3 Å². The summed E-state index contributed by atoms with van der Waals surface area (Å²) in [6, 6.07) is 13.1. The Labute approximate surface area is 163 Å². The maximum Gasteiger partial charge on any atom is 0.228 e. The molecule has 0 radical (unpaired) electrons. The second-order valence-corrected chi connectivity index (χ2v) is 6.88. The number of methoxy groups -OCH3 is 1. The van der Waals surface area contributed by atoms with Crippen LogP contribution >= 0.6 is 15.9 Å². The van der Waals surface area contributed by atoms with Crippen LogP contribution in [-0.2, 0) is 11.2 Å². The van der Waals surface area contributed by atoms with Gasteiger partial charge in [-0.1, -0.05) is 12.1 Å². The van der Waals surface area contributed by atoms with Crippen molar-refractivity contribution in [1.29, 1.82) is 0 Å². The Hall–Kier alpha value is -3.06. The lowest BCUT2D eigenvalue weighted by molar-refractivity contribution is -0.115. The number of para-hydroxylation sites is 2. The number of aromatic nitrogens is 2. The summed E-state index contributed by atoms with van der Waals surface area (Å²) in [6.45, 7) is 0. The van der Waals surface area contributed by atoms with Crippen LogP contribution in [0.1, 0.15) is 5.56 Å². The topological polar surface area (TPSA) is 69.3 Å². The van der Waals surface area contributed by atoms with E-state index in [1.807, 2.05) is 48.7 Å². The van der Waals surface area contributed by atoms with E-state index in [2.05, 4.69) is 26.3 Å². The maximum atomic E-state index is 12.6. The van der Waals surface area contributed by atoms with Crippen molar-refractivity contribution >= 4 is 38.5 Å². The number of rotatable bonds is 5. The van der Waals surface area contributed by atoms with Crippen molar-refractivity contribution in [2.75, 3.05) is 12.4 Å². The van der Waals surface area contributed by atoms with Crippen LogP contribution in [0.25, 0.3) is 16.7 Å². The lowest BCUT2D eigenvalue weighted by Gasteiger charge is -2.10. The lowest BCUT2D eigenvalue weighted by Crippen LogP contribution is -2.16. The molecule has 0 bridgehead atoms. The molecule has 27 heavy (non-hydrogen) atoms. The van der Waals surface area contributed by atoms with E-state index in [0.717, 1.165) is 21.1 Å². The van der Waals surface area contributed by atoms with Crippen molar-refractivity contribution in [2.45, 2.75) is 6.42 Å². The Kier molecular flexibility index (Phi) is 4.68. The standard InChI is InChI=1S/C20H16BrN3O3/c1-26-15-6-7-16-13(12-27-19(16)9-15)8-20(25)23-17-4-2-3-5-18(17)24-11-14(21)10-22-24/h2-7,9-12H,8H2,1H3,(H,23,25). The van der Waals surface area contributed by atoms with Crippen molar-refractivity contribution in [1.82, 2.24) is 9.78 Å². The smallest absolute Gasteiger partial charge is 0.228 e. The summed E-state index contributed by atoms with van der Waals surface area (Å²) in [7, 11) is 1.61. The summed E-state index contributed by atoms with van der Waals surface area (Å²) in [5.41, 5.74) is 2.99. The summed E-state index contributed by atoms with van der Waals surface area (Å²) in [5.74, 6) is 0.583. The zero-order valence-corrected chi connectivity index (χ0v) is 16.1. The number of amides is 1. The molecule has 4 aromatic rings. The molecular weight excluding hydrogens is 410 g/mol. The third-order valence-corrected chi connectivity index (χ3v) is 4.60. The number of fused-ring (bicyclic) bond motifs is 1. The Bertz CT molecular complexity index is 1120. The van der Waals surface area contributed by atoms with Gasteiger partial charge in [0.05, 0.1) is 41.8 Å². The van der Waals surface area contributed by atoms with Crippen LogP contribution in [0.3, 0.4) is 0 Å². The summed E-state index contributed by atoms with van der Waals surface area (Å²) < 4.78 is 13.3. The number of benzene rings is 2. The van der Waals surface area contributed by atoms with Gasteiger partial charge in [-0.05, 0) is 40.2 Å². The quantitative estimate of drug-likeness (QED) is 0.508. The molecule has 136 valence electrons. The molecule has 0 aliphatic carbocycles. The summed E-state index contributed by atoms with van der Waals surface area (Å²) in [4.78, 5) is 12.6. The van der Waals surface area contributed by atoms with Crippen LogP contribution in [0, 0.1) is 0 Å². The molecule has 0 aliphatic rings. The first-order chi connectivity index (χ1) is 13.1. The Morgan fingerprint density at radius 1 is 1.30 bits per heavy atom. The fourth-order valence-corrected chi connectivity index (χ4v) is 3.19. The molecule has 7 heteroatoms. The average molecular weight is 426 g/mol. The van der Waals surface area contributed by atoms with Crippen molar-refractivity contribution < 1.29 is 13.9 Å². The van der Waals surface area contributed by atoms with Crippen molar-refractivity contribution in [3.8, 4) is 11.4 Å². The van der Waals surface area contributed by atoms with Gasteiger partial charge < -0.3 is 14.5 Å². The highest BCUT2D eigenvalue weighted by atomic mass is 79.9. The monoisotopic (exact) mass is 425 g/mol. The van der Waals surface area contributed by atoms with E-state index in [1.165, 1.54) is 0 Å². The molecule has 0 saturated carbocycles. The van der Waals surface area contributed by atoms with Crippen LogP contribution in [-0.4, -0.2) is 22.8 Å². The predicted octanol–water partition coefficient (Wildman–Crippen LogP) is 4.57. The maximum absolute atomic E-state index is 12.6. The second kappa shape index (κ2) is 7.28. The molecule has 2 aromatic carbocycles. The van der Waals surface area contributed by atoms with Gasteiger partial charge in [-0.2, -0.15) is 5.10 Å². The van der Waals surface area contributed by atoms with Gasteiger partial charge in [0.2, 0.25) is 5.91 Å². The van der Waals surface area contributed by atoms with Crippen LogP contribution in [0.15, 0.2) is 70.0 Å².